The number of amides is 3. The first-order valence-electron chi connectivity index (χ1n) is 8.28. The van der Waals surface area contributed by atoms with E-state index in [0.717, 1.165) is 11.8 Å². The van der Waals surface area contributed by atoms with E-state index in [-0.39, 0.29) is 35.2 Å². The first kappa shape index (κ1) is 20.2. The van der Waals surface area contributed by atoms with Crippen LogP contribution in [0.5, 0.6) is 5.75 Å². The number of rotatable bonds is 6. The Balaban J connectivity index is 1.70. The topological polar surface area (TPSA) is 84.5 Å². The van der Waals surface area contributed by atoms with Gasteiger partial charge in [-0.3, -0.25) is 19.7 Å². The van der Waals surface area contributed by atoms with E-state index < -0.39 is 17.0 Å². The number of ether oxygens (including phenoxy) is 1. The highest BCUT2D eigenvalue weighted by Gasteiger charge is 2.31. The fourth-order valence-electron chi connectivity index (χ4n) is 2.76. The Kier molecular flexibility index (Phi) is 6.21. The number of hydrogen-bond acceptors (Lipinski definition) is 5. The average molecular weight is 423 g/mol. The second-order valence-electron chi connectivity index (χ2n) is 6.04. The summed E-state index contributed by atoms with van der Waals surface area (Å²) in [6.45, 7) is -0.0484. The van der Waals surface area contributed by atoms with Gasteiger partial charge in [0.1, 0.15) is 11.6 Å². The maximum atomic E-state index is 14.1. The van der Waals surface area contributed by atoms with E-state index >= 15 is 0 Å². The van der Waals surface area contributed by atoms with Crippen molar-refractivity contribution in [3.05, 3.63) is 63.9 Å². The second-order valence-corrected chi connectivity index (χ2v) is 7.65. The summed E-state index contributed by atoms with van der Waals surface area (Å²) in [7, 11) is 1.42. The molecule has 0 aliphatic carbocycles. The second kappa shape index (κ2) is 8.62. The summed E-state index contributed by atoms with van der Waals surface area (Å²) in [5.41, 5.74) is 1.24. The van der Waals surface area contributed by atoms with Crippen LogP contribution in [-0.4, -0.2) is 29.4 Å². The zero-order valence-electron chi connectivity index (χ0n) is 14.8. The van der Waals surface area contributed by atoms with Gasteiger partial charge in [0.2, 0.25) is 5.91 Å². The third-order valence-corrected chi connectivity index (χ3v) is 5.36. The summed E-state index contributed by atoms with van der Waals surface area (Å²) in [6.07, 6.45) is 0.286. The van der Waals surface area contributed by atoms with Crippen molar-refractivity contribution in [1.29, 1.82) is 0 Å². The summed E-state index contributed by atoms with van der Waals surface area (Å²) in [4.78, 5) is 35.4. The normalized spacial score (nSPS) is 16.0. The first-order valence-corrected chi connectivity index (χ1v) is 9.53. The van der Waals surface area contributed by atoms with Crippen LogP contribution < -0.4 is 15.4 Å². The van der Waals surface area contributed by atoms with Crippen molar-refractivity contribution >= 4 is 40.4 Å². The number of halogens is 2. The van der Waals surface area contributed by atoms with Crippen LogP contribution in [0.2, 0.25) is 5.02 Å². The van der Waals surface area contributed by atoms with Crippen LogP contribution in [0.1, 0.15) is 21.5 Å². The lowest BCUT2D eigenvalue weighted by atomic mass is 10.0. The zero-order valence-corrected chi connectivity index (χ0v) is 16.3. The Labute approximate surface area is 169 Å². The van der Waals surface area contributed by atoms with Crippen LogP contribution in [0, 0.1) is 5.82 Å². The molecule has 0 aromatic heterocycles. The predicted octanol–water partition coefficient (Wildman–Crippen LogP) is 3.31. The molecule has 0 saturated carbocycles. The molecule has 1 atom stereocenters. The van der Waals surface area contributed by atoms with Crippen molar-refractivity contribution in [2.24, 2.45) is 0 Å². The number of nitrogens with one attached hydrogen (secondary N) is 2. The molecule has 2 aromatic rings. The molecule has 28 heavy (non-hydrogen) atoms. The van der Waals surface area contributed by atoms with Gasteiger partial charge in [0.15, 0.2) is 0 Å². The molecule has 1 aliphatic heterocycles. The average Bonchev–Trinajstić information content (AvgIpc) is 2.98. The molecule has 2 N–H and O–H groups in total. The Morgan fingerprint density at radius 2 is 2.07 bits per heavy atom. The largest absolute Gasteiger partial charge is 0.496 e. The van der Waals surface area contributed by atoms with E-state index in [9.17, 15) is 18.8 Å². The van der Waals surface area contributed by atoms with E-state index in [4.69, 9.17) is 16.3 Å². The molecular formula is C19H16ClFN2O4S. The Morgan fingerprint density at radius 3 is 2.75 bits per heavy atom. The number of thioether (sulfide) groups is 1. The molecule has 0 spiro atoms. The van der Waals surface area contributed by atoms with E-state index in [1.807, 2.05) is 0 Å². The quantitative estimate of drug-likeness (QED) is 0.746. The summed E-state index contributed by atoms with van der Waals surface area (Å²) in [6, 6.07) is 9.01. The Morgan fingerprint density at radius 1 is 1.29 bits per heavy atom. The molecule has 3 amide bonds. The van der Waals surface area contributed by atoms with Gasteiger partial charge in [0.05, 0.1) is 17.9 Å². The third-order valence-electron chi connectivity index (χ3n) is 4.15. The summed E-state index contributed by atoms with van der Waals surface area (Å²) in [5, 5.41) is 4.36. The van der Waals surface area contributed by atoms with Crippen LogP contribution in [0.3, 0.4) is 0 Å². The van der Waals surface area contributed by atoms with Crippen molar-refractivity contribution in [1.82, 2.24) is 10.6 Å². The lowest BCUT2D eigenvalue weighted by Gasteiger charge is -2.12. The molecule has 9 heteroatoms. The highest BCUT2D eigenvalue weighted by Crippen LogP contribution is 2.25. The molecule has 0 bridgehead atoms. The van der Waals surface area contributed by atoms with Gasteiger partial charge in [-0.15, -0.1) is 0 Å². The van der Waals surface area contributed by atoms with E-state index in [2.05, 4.69) is 10.6 Å². The minimum absolute atomic E-state index is 0.0484. The van der Waals surface area contributed by atoms with Crippen LogP contribution in [0.4, 0.5) is 9.18 Å². The van der Waals surface area contributed by atoms with Gasteiger partial charge >= 0.3 is 0 Å². The zero-order chi connectivity index (χ0) is 20.3. The minimum atomic E-state index is -0.543. The number of methoxy groups -OCH3 is 1. The smallest absolute Gasteiger partial charge is 0.286 e. The fraction of sp³-hybridized carbons (Fsp3) is 0.211. The molecule has 1 saturated heterocycles. The number of carbonyl (C=O) groups excluding carboxylic acids is 3. The third kappa shape index (κ3) is 4.63. The molecule has 1 heterocycles. The molecule has 1 aliphatic rings. The number of benzene rings is 2. The molecule has 3 rings (SSSR count). The highest BCUT2D eigenvalue weighted by molar-refractivity contribution is 8.15. The summed E-state index contributed by atoms with van der Waals surface area (Å²) >= 11 is 6.80. The molecule has 6 nitrogen and oxygen atoms in total. The molecule has 146 valence electrons. The van der Waals surface area contributed by atoms with E-state index in [1.165, 1.54) is 25.3 Å². The first-order chi connectivity index (χ1) is 13.4. The lowest BCUT2D eigenvalue weighted by molar-refractivity contribution is -0.118. The van der Waals surface area contributed by atoms with Gasteiger partial charge in [-0.2, -0.15) is 0 Å². The van der Waals surface area contributed by atoms with E-state index in [0.29, 0.717) is 16.3 Å². The van der Waals surface area contributed by atoms with E-state index in [1.54, 1.807) is 18.2 Å². The molecule has 1 unspecified atom stereocenters. The molecule has 1 fully saturated rings. The Bertz CT molecular complexity index is 954. The van der Waals surface area contributed by atoms with Gasteiger partial charge < -0.3 is 10.1 Å². The maximum Gasteiger partial charge on any atom is 0.286 e. The number of imide groups is 1. The van der Waals surface area contributed by atoms with Crippen LogP contribution in [0.15, 0.2) is 36.4 Å². The minimum Gasteiger partial charge on any atom is -0.496 e. The van der Waals surface area contributed by atoms with Crippen molar-refractivity contribution in [2.45, 2.75) is 18.2 Å². The van der Waals surface area contributed by atoms with Gasteiger partial charge in [-0.05, 0) is 36.2 Å². The van der Waals surface area contributed by atoms with Gasteiger partial charge in [0.25, 0.3) is 11.1 Å². The van der Waals surface area contributed by atoms with Crippen LogP contribution >= 0.6 is 23.4 Å². The maximum absolute atomic E-state index is 14.1. The van der Waals surface area contributed by atoms with Crippen molar-refractivity contribution in [2.75, 3.05) is 7.11 Å². The van der Waals surface area contributed by atoms with Gasteiger partial charge in [-0.25, -0.2) is 4.39 Å². The van der Waals surface area contributed by atoms with Gasteiger partial charge in [0, 0.05) is 17.1 Å². The van der Waals surface area contributed by atoms with Crippen molar-refractivity contribution < 1.29 is 23.5 Å². The summed E-state index contributed by atoms with van der Waals surface area (Å²) < 4.78 is 19.3. The molecular weight excluding hydrogens is 407 g/mol. The number of hydrogen-bond donors (Lipinski definition) is 2. The van der Waals surface area contributed by atoms with Gasteiger partial charge in [-0.1, -0.05) is 35.5 Å². The fourth-order valence-corrected chi connectivity index (χ4v) is 3.78. The lowest BCUT2D eigenvalue weighted by Crippen LogP contribution is -2.26. The molecule has 0 radical (unpaired) electrons. The monoisotopic (exact) mass is 422 g/mol. The number of carbonyl (C=O) groups is 3. The Hall–Kier alpha value is -2.58. The predicted molar refractivity (Wildman–Crippen MR) is 104 cm³/mol. The SMILES string of the molecule is COc1cc(Cl)ccc1C(=O)NCc1cc(CC2SC(=O)NC2=O)ccc1F. The summed E-state index contributed by atoms with van der Waals surface area (Å²) in [5.74, 6) is -0.960. The standard InChI is InChI=1S/C19H16ClFN2O4S/c1-27-15-8-12(20)3-4-13(15)17(24)22-9-11-6-10(2-5-14(11)21)7-16-18(25)23-19(26)28-16/h2-6,8,16H,7,9H2,1H3,(H,22,24)(H,23,25,26). The van der Waals surface area contributed by atoms with Crippen molar-refractivity contribution in [3.63, 3.8) is 0 Å². The van der Waals surface area contributed by atoms with Crippen LogP contribution in [0.25, 0.3) is 0 Å². The highest BCUT2D eigenvalue weighted by atomic mass is 35.5. The molecule has 2 aromatic carbocycles. The van der Waals surface area contributed by atoms with Crippen LogP contribution in [-0.2, 0) is 17.8 Å². The van der Waals surface area contributed by atoms with Crippen molar-refractivity contribution in [3.8, 4) is 5.75 Å².